The van der Waals surface area contributed by atoms with Crippen molar-refractivity contribution in [2.24, 2.45) is 0 Å². The summed E-state index contributed by atoms with van der Waals surface area (Å²) < 4.78 is 27.5. The average molecular weight is 410 g/mol. The topological polar surface area (TPSA) is 109 Å². The van der Waals surface area contributed by atoms with Crippen molar-refractivity contribution >= 4 is 60.2 Å². The molecular formula is C10H8BrN3O4S3. The summed E-state index contributed by atoms with van der Waals surface area (Å²) in [7, 11) is -3.78. The van der Waals surface area contributed by atoms with Gasteiger partial charge in [0.2, 0.25) is 5.13 Å². The highest BCUT2D eigenvalue weighted by Gasteiger charge is 2.19. The first-order valence-electron chi connectivity index (χ1n) is 5.34. The molecule has 0 unspecified atom stereocenters. The number of aliphatic carboxylic acids is 1. The molecule has 0 saturated carbocycles. The Labute approximate surface area is 137 Å². The molecule has 1 heterocycles. The number of nitrogens with one attached hydrogen (secondary N) is 1. The molecule has 0 bridgehead atoms. The van der Waals surface area contributed by atoms with Crippen molar-refractivity contribution in [3.8, 4) is 0 Å². The molecule has 0 saturated heterocycles. The number of hydrogen-bond acceptors (Lipinski definition) is 7. The van der Waals surface area contributed by atoms with Gasteiger partial charge in [-0.3, -0.25) is 9.52 Å². The highest BCUT2D eigenvalue weighted by Crippen LogP contribution is 2.28. The van der Waals surface area contributed by atoms with Crippen molar-refractivity contribution in [2.45, 2.75) is 9.24 Å². The van der Waals surface area contributed by atoms with Gasteiger partial charge in [0.1, 0.15) is 4.90 Å². The van der Waals surface area contributed by atoms with Gasteiger partial charge in [-0.05, 0) is 28.1 Å². The highest BCUT2D eigenvalue weighted by molar-refractivity contribution is 9.10. The van der Waals surface area contributed by atoms with Gasteiger partial charge in [-0.2, -0.15) is 0 Å². The fraction of sp³-hybridized carbons (Fsp3) is 0.100. The Morgan fingerprint density at radius 2 is 2.10 bits per heavy atom. The Hall–Kier alpha value is -1.17. The van der Waals surface area contributed by atoms with Gasteiger partial charge in [-0.15, -0.1) is 10.2 Å². The third-order valence-corrected chi connectivity index (χ3v) is 6.51. The van der Waals surface area contributed by atoms with Gasteiger partial charge in [0.05, 0.1) is 5.75 Å². The van der Waals surface area contributed by atoms with E-state index in [1.54, 1.807) is 18.2 Å². The largest absolute Gasteiger partial charge is 0.481 e. The number of carboxylic acid groups (broad SMARTS) is 1. The molecule has 0 amide bonds. The van der Waals surface area contributed by atoms with E-state index in [0.29, 0.717) is 8.81 Å². The number of sulfonamides is 1. The molecule has 0 aliphatic carbocycles. The molecule has 7 nitrogen and oxygen atoms in total. The standard InChI is InChI=1S/C10H8BrN3O4S3/c11-6-3-1-2-4-7(6)21(17,18)14-9-12-13-10(20-9)19-5-8(15)16/h1-4H,5H2,(H,12,14)(H,15,16). The second kappa shape index (κ2) is 6.73. The predicted octanol–water partition coefficient (Wildman–Crippen LogP) is 2.28. The first kappa shape index (κ1) is 16.2. The van der Waals surface area contributed by atoms with E-state index in [1.807, 2.05) is 0 Å². The van der Waals surface area contributed by atoms with Crippen LogP contribution in [0.4, 0.5) is 5.13 Å². The Kier molecular flexibility index (Phi) is 5.19. The van der Waals surface area contributed by atoms with Crippen molar-refractivity contribution < 1.29 is 18.3 Å². The molecule has 0 atom stereocenters. The lowest BCUT2D eigenvalue weighted by atomic mass is 10.4. The zero-order valence-electron chi connectivity index (χ0n) is 10.2. The maximum Gasteiger partial charge on any atom is 0.313 e. The number of aromatic nitrogens is 2. The van der Waals surface area contributed by atoms with Crippen LogP contribution in [0.5, 0.6) is 0 Å². The molecule has 2 aromatic rings. The van der Waals surface area contributed by atoms with E-state index < -0.39 is 16.0 Å². The van der Waals surface area contributed by atoms with Crippen molar-refractivity contribution in [1.29, 1.82) is 0 Å². The summed E-state index contributed by atoms with van der Waals surface area (Å²) >= 11 is 5.12. The smallest absolute Gasteiger partial charge is 0.313 e. The van der Waals surface area contributed by atoms with Gasteiger partial charge in [0.15, 0.2) is 4.34 Å². The summed E-state index contributed by atoms with van der Waals surface area (Å²) in [6.45, 7) is 0. The monoisotopic (exact) mass is 409 g/mol. The zero-order chi connectivity index (χ0) is 15.5. The van der Waals surface area contributed by atoms with Crippen molar-refractivity contribution in [1.82, 2.24) is 10.2 Å². The number of hydrogen-bond donors (Lipinski definition) is 2. The molecule has 0 aliphatic rings. The van der Waals surface area contributed by atoms with E-state index in [2.05, 4.69) is 30.8 Å². The summed E-state index contributed by atoms with van der Waals surface area (Å²) in [5.74, 6) is -1.14. The van der Waals surface area contributed by atoms with Crippen LogP contribution >= 0.6 is 39.0 Å². The lowest BCUT2D eigenvalue weighted by Gasteiger charge is -2.05. The van der Waals surface area contributed by atoms with E-state index in [-0.39, 0.29) is 15.8 Å². The van der Waals surface area contributed by atoms with Crippen LogP contribution in [0, 0.1) is 0 Å². The van der Waals surface area contributed by atoms with E-state index in [1.165, 1.54) is 6.07 Å². The second-order valence-electron chi connectivity index (χ2n) is 3.59. The third-order valence-electron chi connectivity index (χ3n) is 2.07. The SMILES string of the molecule is O=C(O)CSc1nnc(NS(=O)(=O)c2ccccc2Br)s1. The molecule has 21 heavy (non-hydrogen) atoms. The van der Waals surface area contributed by atoms with Gasteiger partial charge in [0.25, 0.3) is 10.0 Å². The average Bonchev–Trinajstić information content (AvgIpc) is 2.83. The number of nitrogens with zero attached hydrogens (tertiary/aromatic N) is 2. The number of benzene rings is 1. The van der Waals surface area contributed by atoms with Crippen LogP contribution in [0.3, 0.4) is 0 Å². The quantitative estimate of drug-likeness (QED) is 0.703. The Bertz CT molecular complexity index is 762. The highest BCUT2D eigenvalue weighted by atomic mass is 79.9. The van der Waals surface area contributed by atoms with E-state index in [0.717, 1.165) is 23.1 Å². The fourth-order valence-corrected chi connectivity index (χ4v) is 4.97. The summed E-state index contributed by atoms with van der Waals surface area (Å²) in [6.07, 6.45) is 0. The Morgan fingerprint density at radius 1 is 1.38 bits per heavy atom. The van der Waals surface area contributed by atoms with E-state index in [9.17, 15) is 13.2 Å². The Balaban J connectivity index is 2.14. The summed E-state index contributed by atoms with van der Waals surface area (Å²) in [4.78, 5) is 10.5. The summed E-state index contributed by atoms with van der Waals surface area (Å²) in [5, 5.41) is 16.0. The van der Waals surface area contributed by atoms with Crippen LogP contribution in [0.2, 0.25) is 0 Å². The predicted molar refractivity (Wildman–Crippen MR) is 83.2 cm³/mol. The molecule has 2 N–H and O–H groups in total. The van der Waals surface area contributed by atoms with Gasteiger partial charge in [-0.25, -0.2) is 8.42 Å². The first-order valence-corrected chi connectivity index (χ1v) is 9.42. The molecular weight excluding hydrogens is 402 g/mol. The minimum absolute atomic E-state index is 0.0821. The number of halogens is 1. The molecule has 0 fully saturated rings. The van der Waals surface area contributed by atoms with Crippen molar-refractivity contribution in [2.75, 3.05) is 10.5 Å². The first-order chi connectivity index (χ1) is 9.88. The van der Waals surface area contributed by atoms with Gasteiger partial charge in [-0.1, -0.05) is 35.2 Å². The molecule has 0 spiro atoms. The van der Waals surface area contributed by atoms with E-state index in [4.69, 9.17) is 5.11 Å². The third kappa shape index (κ3) is 4.40. The van der Waals surface area contributed by atoms with Gasteiger partial charge < -0.3 is 5.11 Å². The Morgan fingerprint density at radius 3 is 2.76 bits per heavy atom. The number of carboxylic acids is 1. The van der Waals surface area contributed by atoms with Crippen LogP contribution < -0.4 is 4.72 Å². The number of rotatable bonds is 6. The minimum Gasteiger partial charge on any atom is -0.481 e. The summed E-state index contributed by atoms with van der Waals surface area (Å²) in [5.41, 5.74) is 0. The van der Waals surface area contributed by atoms with Crippen LogP contribution in [-0.4, -0.2) is 35.4 Å². The second-order valence-corrected chi connectivity index (χ2v) is 8.30. The number of thioether (sulfide) groups is 1. The van der Waals surface area contributed by atoms with E-state index >= 15 is 0 Å². The number of anilines is 1. The van der Waals surface area contributed by atoms with Crippen LogP contribution in [-0.2, 0) is 14.8 Å². The van der Waals surface area contributed by atoms with Gasteiger partial charge >= 0.3 is 5.97 Å². The summed E-state index contributed by atoms with van der Waals surface area (Å²) in [6, 6.07) is 6.37. The van der Waals surface area contributed by atoms with Crippen molar-refractivity contribution in [3.63, 3.8) is 0 Å². The van der Waals surface area contributed by atoms with Crippen LogP contribution in [0.1, 0.15) is 0 Å². The lowest BCUT2D eigenvalue weighted by molar-refractivity contribution is -0.133. The lowest BCUT2D eigenvalue weighted by Crippen LogP contribution is -2.13. The zero-order valence-corrected chi connectivity index (χ0v) is 14.2. The minimum atomic E-state index is -3.78. The molecule has 0 aliphatic heterocycles. The maximum absolute atomic E-state index is 12.2. The molecule has 1 aromatic carbocycles. The van der Waals surface area contributed by atoms with Gasteiger partial charge in [0, 0.05) is 4.47 Å². The van der Waals surface area contributed by atoms with Crippen LogP contribution in [0.15, 0.2) is 38.0 Å². The molecule has 2 rings (SSSR count). The van der Waals surface area contributed by atoms with Crippen LogP contribution in [0.25, 0.3) is 0 Å². The molecule has 1 aromatic heterocycles. The maximum atomic E-state index is 12.2. The molecule has 112 valence electrons. The normalized spacial score (nSPS) is 11.3. The molecule has 0 radical (unpaired) electrons. The fourth-order valence-electron chi connectivity index (χ4n) is 1.27. The molecule has 11 heteroatoms. The van der Waals surface area contributed by atoms with Crippen molar-refractivity contribution in [3.05, 3.63) is 28.7 Å². The number of carbonyl (C=O) groups is 1.